The van der Waals surface area contributed by atoms with Gasteiger partial charge in [-0.2, -0.15) is 0 Å². The Morgan fingerprint density at radius 2 is 1.95 bits per heavy atom. The van der Waals surface area contributed by atoms with E-state index < -0.39 is 11.8 Å². The molecule has 1 N–H and O–H groups in total. The first-order chi connectivity index (χ1) is 9.61. The maximum Gasteiger partial charge on any atom is 0.340 e. The molecule has 20 heavy (non-hydrogen) atoms. The molecule has 2 rings (SSSR count). The summed E-state index contributed by atoms with van der Waals surface area (Å²) in [5.41, 5.74) is 0.175. The smallest absolute Gasteiger partial charge is 0.340 e. The van der Waals surface area contributed by atoms with Gasteiger partial charge in [0.15, 0.2) is 0 Å². The maximum atomic E-state index is 13.7. The number of carbonyl (C=O) groups excluding carboxylic acids is 2. The van der Waals surface area contributed by atoms with Gasteiger partial charge in [-0.25, -0.2) is 14.0 Å². The van der Waals surface area contributed by atoms with Gasteiger partial charge in [-0.15, -0.1) is 0 Å². The lowest BCUT2D eigenvalue weighted by Gasteiger charge is -2.26. The molecule has 2 amide bonds. The monoisotopic (exact) mass is 280 g/mol. The second-order valence-electron chi connectivity index (χ2n) is 4.66. The second-order valence-corrected chi connectivity index (χ2v) is 4.66. The molecular weight excluding hydrogens is 263 g/mol. The summed E-state index contributed by atoms with van der Waals surface area (Å²) in [6.45, 7) is 1.43. The highest BCUT2D eigenvalue weighted by Crippen LogP contribution is 2.17. The number of likely N-dealkylation sites (tertiary alicyclic amines) is 1. The molecule has 108 valence electrons. The number of hydrogen-bond donors (Lipinski definition) is 1. The van der Waals surface area contributed by atoms with E-state index in [9.17, 15) is 14.0 Å². The summed E-state index contributed by atoms with van der Waals surface area (Å²) in [6, 6.07) is 3.66. The summed E-state index contributed by atoms with van der Waals surface area (Å²) in [5, 5.41) is 2.63. The number of rotatable bonds is 2. The summed E-state index contributed by atoms with van der Waals surface area (Å²) in [6.07, 6.45) is 3.11. The van der Waals surface area contributed by atoms with Gasteiger partial charge in [0.1, 0.15) is 5.82 Å². The largest absolute Gasteiger partial charge is 0.465 e. The summed E-state index contributed by atoms with van der Waals surface area (Å²) >= 11 is 0. The third-order valence-electron chi connectivity index (χ3n) is 3.27. The number of hydrogen-bond acceptors (Lipinski definition) is 3. The minimum atomic E-state index is -0.739. The first kappa shape index (κ1) is 14.3. The zero-order valence-corrected chi connectivity index (χ0v) is 11.3. The van der Waals surface area contributed by atoms with E-state index in [0.717, 1.165) is 25.3 Å². The van der Waals surface area contributed by atoms with Crippen molar-refractivity contribution in [3.05, 3.63) is 29.6 Å². The Labute approximate surface area is 116 Å². The number of piperidine rings is 1. The fourth-order valence-electron chi connectivity index (χ4n) is 2.17. The first-order valence-electron chi connectivity index (χ1n) is 6.55. The number of urea groups is 1. The van der Waals surface area contributed by atoms with Crippen molar-refractivity contribution in [1.82, 2.24) is 4.90 Å². The normalized spacial score (nSPS) is 14.8. The number of halogens is 1. The van der Waals surface area contributed by atoms with Crippen molar-refractivity contribution >= 4 is 17.7 Å². The predicted molar refractivity (Wildman–Crippen MR) is 72.2 cm³/mol. The molecule has 0 bridgehead atoms. The number of nitrogens with zero attached hydrogens (tertiary/aromatic N) is 1. The fourth-order valence-corrected chi connectivity index (χ4v) is 2.17. The van der Waals surface area contributed by atoms with E-state index in [-0.39, 0.29) is 11.6 Å². The van der Waals surface area contributed by atoms with E-state index in [1.807, 2.05) is 0 Å². The molecule has 0 aliphatic carbocycles. The number of benzene rings is 1. The number of nitrogens with one attached hydrogen (secondary N) is 1. The average Bonchev–Trinajstić information content (AvgIpc) is 2.47. The lowest BCUT2D eigenvalue weighted by molar-refractivity contribution is 0.0595. The standard InChI is InChI=1S/C14H17FN2O3/c1-20-13(18)11-6-5-10(9-12(11)15)16-14(19)17-7-3-2-4-8-17/h5-6,9H,2-4,7-8H2,1H3,(H,16,19). The fraction of sp³-hybridized carbons (Fsp3) is 0.429. The van der Waals surface area contributed by atoms with Crippen LogP contribution in [0.25, 0.3) is 0 Å². The van der Waals surface area contributed by atoms with Crippen molar-refractivity contribution in [1.29, 1.82) is 0 Å². The van der Waals surface area contributed by atoms with Gasteiger partial charge in [-0.1, -0.05) is 0 Å². The third-order valence-corrected chi connectivity index (χ3v) is 3.27. The lowest BCUT2D eigenvalue weighted by atomic mass is 10.1. The van der Waals surface area contributed by atoms with Crippen molar-refractivity contribution in [2.45, 2.75) is 19.3 Å². The molecule has 0 atom stereocenters. The molecule has 1 saturated heterocycles. The zero-order chi connectivity index (χ0) is 14.5. The van der Waals surface area contributed by atoms with E-state index in [0.29, 0.717) is 18.8 Å². The van der Waals surface area contributed by atoms with Crippen LogP contribution >= 0.6 is 0 Å². The van der Waals surface area contributed by atoms with E-state index in [1.165, 1.54) is 19.2 Å². The highest BCUT2D eigenvalue weighted by Gasteiger charge is 2.18. The number of amides is 2. The molecule has 1 aliphatic heterocycles. The van der Waals surface area contributed by atoms with Crippen molar-refractivity contribution in [3.63, 3.8) is 0 Å². The van der Waals surface area contributed by atoms with E-state index in [1.54, 1.807) is 4.90 Å². The molecule has 1 aliphatic rings. The zero-order valence-electron chi connectivity index (χ0n) is 11.3. The quantitative estimate of drug-likeness (QED) is 0.847. The van der Waals surface area contributed by atoms with Gasteiger partial charge in [0.25, 0.3) is 0 Å². The lowest BCUT2D eigenvalue weighted by Crippen LogP contribution is -2.38. The molecule has 1 aromatic rings. The predicted octanol–water partition coefficient (Wildman–Crippen LogP) is 2.63. The van der Waals surface area contributed by atoms with Gasteiger partial charge in [-0.05, 0) is 37.5 Å². The van der Waals surface area contributed by atoms with Gasteiger partial charge in [0.2, 0.25) is 0 Å². The summed E-state index contributed by atoms with van der Waals surface area (Å²) in [7, 11) is 1.19. The average molecular weight is 280 g/mol. The van der Waals surface area contributed by atoms with Crippen LogP contribution in [0.4, 0.5) is 14.9 Å². The van der Waals surface area contributed by atoms with Crippen LogP contribution in [0.2, 0.25) is 0 Å². The minimum Gasteiger partial charge on any atom is -0.465 e. The molecular formula is C14H17FN2O3. The second kappa shape index (κ2) is 6.36. The Kier molecular flexibility index (Phi) is 4.55. The van der Waals surface area contributed by atoms with Crippen LogP contribution in [0.15, 0.2) is 18.2 Å². The third kappa shape index (κ3) is 3.26. The molecule has 0 aromatic heterocycles. The topological polar surface area (TPSA) is 58.6 Å². The van der Waals surface area contributed by atoms with Crippen LogP contribution in [0.1, 0.15) is 29.6 Å². The number of esters is 1. The molecule has 1 fully saturated rings. The Balaban J connectivity index is 2.04. The van der Waals surface area contributed by atoms with Crippen LogP contribution < -0.4 is 5.32 Å². The summed E-state index contributed by atoms with van der Waals surface area (Å²) in [5.74, 6) is -1.45. The van der Waals surface area contributed by atoms with E-state index in [4.69, 9.17) is 0 Å². The van der Waals surface area contributed by atoms with Gasteiger partial charge in [-0.3, -0.25) is 0 Å². The molecule has 1 aromatic carbocycles. The van der Waals surface area contributed by atoms with Crippen molar-refractivity contribution < 1.29 is 18.7 Å². The number of ether oxygens (including phenoxy) is 1. The van der Waals surface area contributed by atoms with Gasteiger partial charge >= 0.3 is 12.0 Å². The van der Waals surface area contributed by atoms with Crippen LogP contribution in [-0.4, -0.2) is 37.1 Å². The highest BCUT2D eigenvalue weighted by molar-refractivity contribution is 5.92. The maximum absolute atomic E-state index is 13.7. The Bertz CT molecular complexity index is 513. The number of methoxy groups -OCH3 is 1. The molecule has 0 radical (unpaired) electrons. The van der Waals surface area contributed by atoms with Crippen LogP contribution in [0, 0.1) is 5.82 Å². The molecule has 0 saturated carbocycles. The number of anilines is 1. The summed E-state index contributed by atoms with van der Waals surface area (Å²) in [4.78, 5) is 24.9. The van der Waals surface area contributed by atoms with E-state index in [2.05, 4.69) is 10.1 Å². The number of carbonyl (C=O) groups is 2. The van der Waals surface area contributed by atoms with Gasteiger partial charge in [0.05, 0.1) is 12.7 Å². The molecule has 5 nitrogen and oxygen atoms in total. The minimum absolute atomic E-state index is 0.150. The molecule has 0 unspecified atom stereocenters. The van der Waals surface area contributed by atoms with E-state index >= 15 is 0 Å². The Morgan fingerprint density at radius 1 is 1.25 bits per heavy atom. The van der Waals surface area contributed by atoms with Gasteiger partial charge < -0.3 is 15.0 Å². The first-order valence-corrected chi connectivity index (χ1v) is 6.55. The SMILES string of the molecule is COC(=O)c1ccc(NC(=O)N2CCCCC2)cc1F. The van der Waals surface area contributed by atoms with Crippen LogP contribution in [-0.2, 0) is 4.74 Å². The van der Waals surface area contributed by atoms with Gasteiger partial charge in [0, 0.05) is 18.8 Å². The van der Waals surface area contributed by atoms with Crippen LogP contribution in [0.3, 0.4) is 0 Å². The highest BCUT2D eigenvalue weighted by atomic mass is 19.1. The summed E-state index contributed by atoms with van der Waals surface area (Å²) < 4.78 is 18.2. The Hall–Kier alpha value is -2.11. The molecule has 1 heterocycles. The van der Waals surface area contributed by atoms with Crippen molar-refractivity contribution in [2.75, 3.05) is 25.5 Å². The van der Waals surface area contributed by atoms with Crippen LogP contribution in [0.5, 0.6) is 0 Å². The Morgan fingerprint density at radius 3 is 2.55 bits per heavy atom. The molecule has 6 heteroatoms. The van der Waals surface area contributed by atoms with Crippen molar-refractivity contribution in [2.24, 2.45) is 0 Å². The van der Waals surface area contributed by atoms with Crippen molar-refractivity contribution in [3.8, 4) is 0 Å². The molecule has 0 spiro atoms.